The van der Waals surface area contributed by atoms with E-state index < -0.39 is 0 Å². The Bertz CT molecular complexity index is 930. The topological polar surface area (TPSA) is 59.8 Å². The number of hydrogen-bond acceptors (Lipinski definition) is 4. The van der Waals surface area contributed by atoms with E-state index in [-0.39, 0.29) is 5.91 Å². The van der Waals surface area contributed by atoms with E-state index in [9.17, 15) is 4.79 Å². The zero-order valence-corrected chi connectivity index (χ0v) is 17.6. The lowest BCUT2D eigenvalue weighted by Crippen LogP contribution is -2.27. The largest absolute Gasteiger partial charge is 0.352 e. The maximum atomic E-state index is 12.1. The number of nitrogens with one attached hydrogen (secondary N) is 1. The molecule has 0 aliphatic heterocycles. The third kappa shape index (κ3) is 5.01. The molecule has 1 heterocycles. The first-order valence-corrected chi connectivity index (χ1v) is 10.4. The standard InChI is InChI=1S/C22H26N4OS/c1-15(2)13-23-21(27)19-9-7-18(8-10-19)14-28-22-25-24-17(4)26(22)20-11-5-16(3)6-12-20/h5-12,15H,13-14H2,1-4H3,(H,23,27). The van der Waals surface area contributed by atoms with Gasteiger partial charge in [-0.15, -0.1) is 10.2 Å². The van der Waals surface area contributed by atoms with E-state index in [1.54, 1.807) is 11.8 Å². The molecule has 0 saturated carbocycles. The Labute approximate surface area is 170 Å². The lowest BCUT2D eigenvalue weighted by Gasteiger charge is -2.09. The van der Waals surface area contributed by atoms with Gasteiger partial charge in [0.2, 0.25) is 0 Å². The van der Waals surface area contributed by atoms with Crippen molar-refractivity contribution in [2.75, 3.05) is 6.54 Å². The molecule has 2 aromatic carbocycles. The molecular formula is C22H26N4OS. The number of hydrogen-bond donors (Lipinski definition) is 1. The van der Waals surface area contributed by atoms with Crippen LogP contribution in [0.25, 0.3) is 5.69 Å². The second-order valence-electron chi connectivity index (χ2n) is 7.29. The summed E-state index contributed by atoms with van der Waals surface area (Å²) in [6.45, 7) is 8.88. The van der Waals surface area contributed by atoms with Crippen LogP contribution in [0.15, 0.2) is 53.7 Å². The second kappa shape index (κ2) is 9.06. The van der Waals surface area contributed by atoms with E-state index in [0.717, 1.165) is 28.0 Å². The number of carbonyl (C=O) groups excluding carboxylic acids is 1. The average Bonchev–Trinajstić information content (AvgIpc) is 3.06. The maximum absolute atomic E-state index is 12.1. The third-order valence-corrected chi connectivity index (χ3v) is 5.34. The quantitative estimate of drug-likeness (QED) is 0.597. The molecule has 5 nitrogen and oxygen atoms in total. The number of nitrogens with zero attached hydrogens (tertiary/aromatic N) is 3. The van der Waals surface area contributed by atoms with Crippen molar-refractivity contribution in [3.63, 3.8) is 0 Å². The Morgan fingerprint density at radius 1 is 1.04 bits per heavy atom. The molecule has 6 heteroatoms. The van der Waals surface area contributed by atoms with Crippen LogP contribution in [0.3, 0.4) is 0 Å². The van der Waals surface area contributed by atoms with Gasteiger partial charge in [-0.25, -0.2) is 0 Å². The van der Waals surface area contributed by atoms with E-state index in [0.29, 0.717) is 18.0 Å². The second-order valence-corrected chi connectivity index (χ2v) is 8.23. The fourth-order valence-corrected chi connectivity index (χ4v) is 3.68. The normalized spacial score (nSPS) is 11.0. The molecule has 3 aromatic rings. The van der Waals surface area contributed by atoms with Gasteiger partial charge in [-0.05, 0) is 49.6 Å². The van der Waals surface area contributed by atoms with Crippen molar-refractivity contribution < 1.29 is 4.79 Å². The molecular weight excluding hydrogens is 368 g/mol. The Hall–Kier alpha value is -2.60. The van der Waals surface area contributed by atoms with Crippen LogP contribution in [0, 0.1) is 19.8 Å². The zero-order chi connectivity index (χ0) is 20.1. The van der Waals surface area contributed by atoms with E-state index >= 15 is 0 Å². The Morgan fingerprint density at radius 2 is 1.71 bits per heavy atom. The fourth-order valence-electron chi connectivity index (χ4n) is 2.73. The molecule has 0 spiro atoms. The molecule has 0 unspecified atom stereocenters. The van der Waals surface area contributed by atoms with Gasteiger partial charge in [0.05, 0.1) is 0 Å². The van der Waals surface area contributed by atoms with Crippen LogP contribution >= 0.6 is 11.8 Å². The number of amides is 1. The molecule has 0 radical (unpaired) electrons. The van der Waals surface area contributed by atoms with Crippen molar-refractivity contribution in [1.29, 1.82) is 0 Å². The van der Waals surface area contributed by atoms with E-state index in [1.807, 2.05) is 31.2 Å². The maximum Gasteiger partial charge on any atom is 0.251 e. The van der Waals surface area contributed by atoms with Gasteiger partial charge >= 0.3 is 0 Å². The van der Waals surface area contributed by atoms with Gasteiger partial charge in [0.25, 0.3) is 5.91 Å². The highest BCUT2D eigenvalue weighted by atomic mass is 32.2. The zero-order valence-electron chi connectivity index (χ0n) is 16.8. The number of rotatable bonds is 7. The van der Waals surface area contributed by atoms with Crippen LogP contribution in [0.5, 0.6) is 0 Å². The lowest BCUT2D eigenvalue weighted by molar-refractivity contribution is 0.0949. The number of thioether (sulfide) groups is 1. The first kappa shape index (κ1) is 20.1. The summed E-state index contributed by atoms with van der Waals surface area (Å²) in [6.07, 6.45) is 0. The smallest absolute Gasteiger partial charge is 0.251 e. The lowest BCUT2D eigenvalue weighted by atomic mass is 10.1. The van der Waals surface area contributed by atoms with Crippen LogP contribution in [0.1, 0.15) is 41.2 Å². The summed E-state index contributed by atoms with van der Waals surface area (Å²) in [4.78, 5) is 12.1. The highest BCUT2D eigenvalue weighted by Crippen LogP contribution is 2.25. The van der Waals surface area contributed by atoms with Crippen molar-refractivity contribution >= 4 is 17.7 Å². The Balaban J connectivity index is 1.66. The highest BCUT2D eigenvalue weighted by molar-refractivity contribution is 7.98. The summed E-state index contributed by atoms with van der Waals surface area (Å²) in [5.41, 5.74) is 4.11. The molecule has 0 saturated heterocycles. The molecule has 1 N–H and O–H groups in total. The molecule has 1 amide bonds. The van der Waals surface area contributed by atoms with Gasteiger partial charge in [-0.3, -0.25) is 9.36 Å². The summed E-state index contributed by atoms with van der Waals surface area (Å²) in [6, 6.07) is 16.1. The minimum absolute atomic E-state index is 0.0253. The summed E-state index contributed by atoms with van der Waals surface area (Å²) >= 11 is 1.64. The van der Waals surface area contributed by atoms with Crippen LogP contribution < -0.4 is 5.32 Å². The monoisotopic (exact) mass is 394 g/mol. The van der Waals surface area contributed by atoms with Crippen molar-refractivity contribution in [2.45, 2.75) is 38.6 Å². The summed E-state index contributed by atoms with van der Waals surface area (Å²) in [5.74, 6) is 2.04. The number of carbonyl (C=O) groups is 1. The van der Waals surface area contributed by atoms with E-state index in [2.05, 4.69) is 65.1 Å². The molecule has 28 heavy (non-hydrogen) atoms. The summed E-state index contributed by atoms with van der Waals surface area (Å²) in [7, 11) is 0. The molecule has 0 atom stereocenters. The molecule has 3 rings (SSSR count). The first-order valence-electron chi connectivity index (χ1n) is 9.43. The van der Waals surface area contributed by atoms with Crippen molar-refractivity contribution in [3.05, 3.63) is 71.0 Å². The Kier molecular flexibility index (Phi) is 6.52. The van der Waals surface area contributed by atoms with Crippen LogP contribution in [-0.2, 0) is 5.75 Å². The van der Waals surface area contributed by atoms with Crippen molar-refractivity contribution in [3.8, 4) is 5.69 Å². The summed E-state index contributed by atoms with van der Waals surface area (Å²) < 4.78 is 2.07. The van der Waals surface area contributed by atoms with Gasteiger partial charge < -0.3 is 5.32 Å². The van der Waals surface area contributed by atoms with E-state index in [4.69, 9.17) is 0 Å². The molecule has 0 bridgehead atoms. The van der Waals surface area contributed by atoms with Gasteiger partial charge in [0, 0.05) is 23.5 Å². The number of aryl methyl sites for hydroxylation is 2. The highest BCUT2D eigenvalue weighted by Gasteiger charge is 2.12. The molecule has 146 valence electrons. The number of aromatic nitrogens is 3. The number of benzene rings is 2. The van der Waals surface area contributed by atoms with Crippen molar-refractivity contribution in [2.24, 2.45) is 5.92 Å². The van der Waals surface area contributed by atoms with Crippen LogP contribution in [0.2, 0.25) is 0 Å². The van der Waals surface area contributed by atoms with Crippen LogP contribution in [0.4, 0.5) is 0 Å². The van der Waals surface area contributed by atoms with Gasteiger partial charge in [-0.1, -0.05) is 55.4 Å². The Morgan fingerprint density at radius 3 is 2.36 bits per heavy atom. The van der Waals surface area contributed by atoms with Gasteiger partial charge in [-0.2, -0.15) is 0 Å². The minimum atomic E-state index is -0.0253. The molecule has 0 fully saturated rings. The molecule has 0 aliphatic rings. The van der Waals surface area contributed by atoms with Crippen molar-refractivity contribution in [1.82, 2.24) is 20.1 Å². The SMILES string of the molecule is Cc1ccc(-n2c(C)nnc2SCc2ccc(C(=O)NCC(C)C)cc2)cc1. The molecule has 0 aliphatic carbocycles. The first-order chi connectivity index (χ1) is 13.4. The minimum Gasteiger partial charge on any atom is -0.352 e. The van der Waals surface area contributed by atoms with Crippen LogP contribution in [-0.4, -0.2) is 27.2 Å². The molecule has 1 aromatic heterocycles. The third-order valence-electron chi connectivity index (χ3n) is 4.34. The fraction of sp³-hybridized carbons (Fsp3) is 0.318. The predicted octanol–water partition coefficient (Wildman–Crippen LogP) is 4.56. The van der Waals surface area contributed by atoms with E-state index in [1.165, 1.54) is 5.56 Å². The average molecular weight is 395 g/mol. The van der Waals surface area contributed by atoms with Gasteiger partial charge in [0.1, 0.15) is 5.82 Å². The van der Waals surface area contributed by atoms with Gasteiger partial charge in [0.15, 0.2) is 5.16 Å². The predicted molar refractivity (Wildman–Crippen MR) is 114 cm³/mol. The summed E-state index contributed by atoms with van der Waals surface area (Å²) in [5, 5.41) is 12.4.